The minimum Gasteiger partial charge on any atom is -0.370 e. The number of nitrogens with one attached hydrogen (secondary N) is 2. The van der Waals surface area contributed by atoms with Crippen molar-refractivity contribution in [2.24, 2.45) is 16.1 Å². The molecule has 1 aromatic heterocycles. The van der Waals surface area contributed by atoms with Gasteiger partial charge in [0, 0.05) is 23.4 Å². The van der Waals surface area contributed by atoms with E-state index in [0.717, 1.165) is 29.2 Å². The van der Waals surface area contributed by atoms with Gasteiger partial charge in [-0.25, -0.2) is 0 Å². The molecule has 0 saturated heterocycles. The van der Waals surface area contributed by atoms with Crippen molar-refractivity contribution < 1.29 is 4.79 Å². The molecule has 1 aliphatic carbocycles. The number of carbonyl (C=O) groups excluding carboxylic acids is 1. The Kier molecular flexibility index (Phi) is 3.59. The van der Waals surface area contributed by atoms with Crippen LogP contribution in [0.4, 0.5) is 10.7 Å². The zero-order valence-electron chi connectivity index (χ0n) is 12.3. The maximum atomic E-state index is 12.5. The second-order valence-corrected chi connectivity index (χ2v) is 7.19. The van der Waals surface area contributed by atoms with E-state index in [1.165, 1.54) is 11.3 Å². The van der Waals surface area contributed by atoms with Crippen molar-refractivity contribution in [1.82, 2.24) is 5.32 Å². The molecule has 1 aromatic rings. The Morgan fingerprint density at radius 3 is 3.14 bits per heavy atom. The van der Waals surface area contributed by atoms with Gasteiger partial charge in [0.05, 0.1) is 17.1 Å². The summed E-state index contributed by atoms with van der Waals surface area (Å²) in [5.74, 6) is -0.0835. The van der Waals surface area contributed by atoms with Gasteiger partial charge >= 0.3 is 0 Å². The number of thiophene rings is 1. The Balaban J connectivity index is 1.80. The third-order valence-corrected chi connectivity index (χ3v) is 5.06. The fraction of sp³-hybridized carbons (Fsp3) is 0.467. The van der Waals surface area contributed by atoms with Crippen molar-refractivity contribution in [2.45, 2.75) is 32.7 Å². The van der Waals surface area contributed by atoms with Gasteiger partial charge in [0.25, 0.3) is 5.91 Å². The molecule has 112 valence electrons. The number of hydrogen-bond acceptors (Lipinski definition) is 5. The highest BCUT2D eigenvalue weighted by Crippen LogP contribution is 2.38. The molecule has 3 rings (SSSR count). The first-order chi connectivity index (χ1) is 9.95. The van der Waals surface area contributed by atoms with Gasteiger partial charge in [-0.3, -0.25) is 9.79 Å². The summed E-state index contributed by atoms with van der Waals surface area (Å²) in [4.78, 5) is 17.4. The molecule has 1 amide bonds. The number of fused-ring (bicyclic) bond motifs is 1. The number of amides is 1. The molecule has 4 N–H and O–H groups in total. The van der Waals surface area contributed by atoms with E-state index in [2.05, 4.69) is 29.5 Å². The number of rotatable bonds is 2. The predicted octanol–water partition coefficient (Wildman–Crippen LogP) is 2.64. The van der Waals surface area contributed by atoms with Gasteiger partial charge in [0.15, 0.2) is 0 Å². The second-order valence-electron chi connectivity index (χ2n) is 6.14. The maximum Gasteiger partial charge on any atom is 0.265 e. The number of hydrogen-bond donors (Lipinski definition) is 3. The van der Waals surface area contributed by atoms with Crippen LogP contribution in [-0.2, 0) is 0 Å². The van der Waals surface area contributed by atoms with E-state index < -0.39 is 0 Å². The fourth-order valence-electron chi connectivity index (χ4n) is 2.58. The molecule has 6 heteroatoms. The number of anilines is 1. The molecule has 1 aliphatic heterocycles. The molecule has 0 spiro atoms. The topological polar surface area (TPSA) is 79.5 Å². The highest BCUT2D eigenvalue weighted by Gasteiger charge is 2.30. The largest absolute Gasteiger partial charge is 0.370 e. The first-order valence-corrected chi connectivity index (χ1v) is 7.97. The maximum absolute atomic E-state index is 12.5. The Morgan fingerprint density at radius 1 is 1.57 bits per heavy atom. The lowest BCUT2D eigenvalue weighted by Crippen LogP contribution is -2.37. The van der Waals surface area contributed by atoms with Crippen LogP contribution in [0.5, 0.6) is 0 Å². The molecule has 0 aromatic carbocycles. The quantitative estimate of drug-likeness (QED) is 0.786. The molecule has 2 aliphatic rings. The van der Waals surface area contributed by atoms with Gasteiger partial charge in [0.1, 0.15) is 5.00 Å². The summed E-state index contributed by atoms with van der Waals surface area (Å²) in [5, 5.41) is 7.21. The van der Waals surface area contributed by atoms with Crippen molar-refractivity contribution in [3.05, 3.63) is 22.7 Å². The smallest absolute Gasteiger partial charge is 0.265 e. The molecule has 0 fully saturated rings. The average Bonchev–Trinajstić information content (AvgIpc) is 2.87. The molecular formula is C15H20N4OS. The van der Waals surface area contributed by atoms with Crippen molar-refractivity contribution in [1.29, 1.82) is 0 Å². The third kappa shape index (κ3) is 2.87. The molecule has 0 saturated carbocycles. The van der Waals surface area contributed by atoms with Crippen molar-refractivity contribution in [3.63, 3.8) is 0 Å². The van der Waals surface area contributed by atoms with Gasteiger partial charge < -0.3 is 16.4 Å². The van der Waals surface area contributed by atoms with Crippen molar-refractivity contribution in [2.75, 3.05) is 11.9 Å². The van der Waals surface area contributed by atoms with Crippen molar-refractivity contribution in [3.8, 4) is 0 Å². The highest BCUT2D eigenvalue weighted by molar-refractivity contribution is 7.18. The van der Waals surface area contributed by atoms with Crippen molar-refractivity contribution >= 4 is 34.1 Å². The first-order valence-electron chi connectivity index (χ1n) is 7.15. The summed E-state index contributed by atoms with van der Waals surface area (Å²) in [6.45, 7) is 4.98. The van der Waals surface area contributed by atoms with Crippen LogP contribution in [0, 0.1) is 5.41 Å². The normalized spacial score (nSPS) is 23.0. The Hall–Kier alpha value is -1.66. The number of carbonyl (C=O) groups is 1. The van der Waals surface area contributed by atoms with E-state index in [4.69, 9.17) is 5.73 Å². The monoisotopic (exact) mass is 304 g/mol. The third-order valence-electron chi connectivity index (χ3n) is 3.98. The number of aliphatic imine (C=N–C) groups is 1. The summed E-state index contributed by atoms with van der Waals surface area (Å²) in [6, 6.07) is 1.85. The highest BCUT2D eigenvalue weighted by atomic mass is 32.1. The number of nitrogens with zero attached hydrogens (tertiary/aromatic N) is 1. The molecule has 1 unspecified atom stereocenters. The molecule has 5 nitrogen and oxygen atoms in total. The van der Waals surface area contributed by atoms with Crippen LogP contribution in [0.25, 0.3) is 0 Å². The first kappa shape index (κ1) is 14.3. The molecular weight excluding hydrogens is 284 g/mol. The molecule has 0 bridgehead atoms. The summed E-state index contributed by atoms with van der Waals surface area (Å²) < 4.78 is 0. The molecule has 0 radical (unpaired) electrons. The zero-order valence-corrected chi connectivity index (χ0v) is 13.1. The van der Waals surface area contributed by atoms with Gasteiger partial charge in [-0.2, -0.15) is 0 Å². The van der Waals surface area contributed by atoms with Crippen LogP contribution in [0.2, 0.25) is 0 Å². The zero-order chi connectivity index (χ0) is 15.0. The van der Waals surface area contributed by atoms with Gasteiger partial charge in [0.2, 0.25) is 0 Å². The van der Waals surface area contributed by atoms with E-state index in [9.17, 15) is 4.79 Å². The van der Waals surface area contributed by atoms with E-state index >= 15 is 0 Å². The Bertz CT molecular complexity index is 630. The summed E-state index contributed by atoms with van der Waals surface area (Å²) in [7, 11) is 0. The minimum absolute atomic E-state index is 0.0242. The van der Waals surface area contributed by atoms with Crippen LogP contribution < -0.4 is 16.4 Å². The van der Waals surface area contributed by atoms with E-state index in [1.54, 1.807) is 0 Å². The van der Waals surface area contributed by atoms with Crippen LogP contribution >= 0.6 is 11.3 Å². The second kappa shape index (κ2) is 5.27. The fourth-order valence-corrected chi connectivity index (χ4v) is 3.48. The lowest BCUT2D eigenvalue weighted by Gasteiger charge is -2.34. The number of allylic oxidation sites excluding steroid dienone is 1. The standard InChI is InChI=1S/C15H20N4OS/c1-15(2)4-3-9(16)7-12(15)19-13(20)11-8-10-14(21-11)18-6-5-17-10/h5,7-9,18H,3-4,6,16H2,1-2H3,(H,19,20). The van der Waals surface area contributed by atoms with E-state index in [-0.39, 0.29) is 17.4 Å². The van der Waals surface area contributed by atoms with Crippen LogP contribution in [-0.4, -0.2) is 24.7 Å². The lowest BCUT2D eigenvalue weighted by atomic mass is 9.78. The van der Waals surface area contributed by atoms with Crippen LogP contribution in [0.1, 0.15) is 36.4 Å². The molecule has 1 atom stereocenters. The molecule has 21 heavy (non-hydrogen) atoms. The van der Waals surface area contributed by atoms with Crippen LogP contribution in [0.3, 0.4) is 0 Å². The van der Waals surface area contributed by atoms with E-state index in [1.807, 2.05) is 18.4 Å². The Morgan fingerprint density at radius 2 is 2.38 bits per heavy atom. The number of nitrogens with two attached hydrogens (primary N) is 1. The van der Waals surface area contributed by atoms with E-state index in [0.29, 0.717) is 11.4 Å². The molecule has 2 heterocycles. The van der Waals surface area contributed by atoms with Crippen LogP contribution in [0.15, 0.2) is 22.8 Å². The Labute approximate surface area is 128 Å². The lowest BCUT2D eigenvalue weighted by molar-refractivity contribution is 0.0957. The summed E-state index contributed by atoms with van der Waals surface area (Å²) in [6.07, 6.45) is 5.72. The average molecular weight is 304 g/mol. The SMILES string of the molecule is CC1(C)CCC(N)C=C1NC(=O)c1cc2c(s1)NCC=N2. The van der Waals surface area contributed by atoms with Gasteiger partial charge in [-0.05, 0) is 25.0 Å². The van der Waals surface area contributed by atoms with Gasteiger partial charge in [-0.1, -0.05) is 13.8 Å². The van der Waals surface area contributed by atoms with Gasteiger partial charge in [-0.15, -0.1) is 11.3 Å². The summed E-state index contributed by atoms with van der Waals surface area (Å²) in [5.41, 5.74) is 7.71. The summed E-state index contributed by atoms with van der Waals surface area (Å²) >= 11 is 1.44. The minimum atomic E-state index is -0.0835. The predicted molar refractivity (Wildman–Crippen MR) is 87.5 cm³/mol.